The van der Waals surface area contributed by atoms with Gasteiger partial charge in [-0.15, -0.1) is 0 Å². The van der Waals surface area contributed by atoms with Crippen LogP contribution in [0, 0.1) is 0 Å². The number of aromatic nitrogens is 1. The zero-order valence-electron chi connectivity index (χ0n) is 12.9. The lowest BCUT2D eigenvalue weighted by molar-refractivity contribution is 0.0255. The van der Waals surface area contributed by atoms with Crippen molar-refractivity contribution < 1.29 is 14.3 Å². The number of hydrogen-bond donors (Lipinski definition) is 1. The summed E-state index contributed by atoms with van der Waals surface area (Å²) in [7, 11) is 0. The first-order chi connectivity index (χ1) is 9.87. The molecule has 21 heavy (non-hydrogen) atoms. The zero-order valence-corrected chi connectivity index (χ0v) is 12.9. The molecular weight excluding hydrogens is 270 g/mol. The van der Waals surface area contributed by atoms with Crippen molar-refractivity contribution >= 4 is 12.0 Å². The highest BCUT2D eigenvalue weighted by molar-refractivity contribution is 5.92. The molecule has 1 aliphatic rings. The monoisotopic (exact) mass is 293 g/mol. The van der Waals surface area contributed by atoms with Crippen molar-refractivity contribution in [3.8, 4) is 0 Å². The molecule has 0 bridgehead atoms. The maximum Gasteiger partial charge on any atom is 0.410 e. The largest absolute Gasteiger partial charge is 0.444 e. The first-order valence-corrected chi connectivity index (χ1v) is 7.27. The standard InChI is InChI=1S/C15H23N3O3/c1-15(2,3)21-14(20)18-9-5-8-17(10-11-18)13(19)12-6-4-7-16-12/h4,6-7,16H,5,8-11H2,1-3H3. The van der Waals surface area contributed by atoms with Gasteiger partial charge in [0.25, 0.3) is 5.91 Å². The smallest absolute Gasteiger partial charge is 0.410 e. The van der Waals surface area contributed by atoms with Gasteiger partial charge in [-0.3, -0.25) is 4.79 Å². The topological polar surface area (TPSA) is 65.6 Å². The lowest BCUT2D eigenvalue weighted by Gasteiger charge is -2.26. The van der Waals surface area contributed by atoms with Crippen LogP contribution >= 0.6 is 0 Å². The van der Waals surface area contributed by atoms with Crippen molar-refractivity contribution in [1.82, 2.24) is 14.8 Å². The van der Waals surface area contributed by atoms with Crippen molar-refractivity contribution in [3.63, 3.8) is 0 Å². The van der Waals surface area contributed by atoms with Crippen molar-refractivity contribution in [2.24, 2.45) is 0 Å². The number of amides is 2. The second-order valence-electron chi connectivity index (χ2n) is 6.20. The van der Waals surface area contributed by atoms with Crippen LogP contribution in [0.15, 0.2) is 18.3 Å². The molecule has 1 saturated heterocycles. The summed E-state index contributed by atoms with van der Waals surface area (Å²) in [4.78, 5) is 30.7. The quantitative estimate of drug-likeness (QED) is 0.862. The summed E-state index contributed by atoms with van der Waals surface area (Å²) in [6.45, 7) is 7.84. The van der Waals surface area contributed by atoms with Gasteiger partial charge in [0.1, 0.15) is 11.3 Å². The molecule has 2 amide bonds. The van der Waals surface area contributed by atoms with Crippen LogP contribution < -0.4 is 0 Å². The Labute approximate surface area is 125 Å². The van der Waals surface area contributed by atoms with Crippen molar-refractivity contribution in [3.05, 3.63) is 24.0 Å². The maximum atomic E-state index is 12.3. The van der Waals surface area contributed by atoms with E-state index in [-0.39, 0.29) is 12.0 Å². The molecule has 6 heteroatoms. The van der Waals surface area contributed by atoms with Crippen molar-refractivity contribution in [2.45, 2.75) is 32.8 Å². The molecule has 0 aliphatic carbocycles. The van der Waals surface area contributed by atoms with Gasteiger partial charge in [0, 0.05) is 32.4 Å². The van der Waals surface area contributed by atoms with Crippen molar-refractivity contribution in [1.29, 1.82) is 0 Å². The highest BCUT2D eigenvalue weighted by Gasteiger charge is 2.26. The summed E-state index contributed by atoms with van der Waals surface area (Å²) in [5, 5.41) is 0. The molecule has 1 N–H and O–H groups in total. The van der Waals surface area contributed by atoms with Gasteiger partial charge in [0.2, 0.25) is 0 Å². The van der Waals surface area contributed by atoms with Gasteiger partial charge in [-0.1, -0.05) is 0 Å². The Bertz CT molecular complexity index is 491. The Morgan fingerprint density at radius 2 is 1.81 bits per heavy atom. The molecule has 2 heterocycles. The van der Waals surface area contributed by atoms with Gasteiger partial charge < -0.3 is 19.5 Å². The highest BCUT2D eigenvalue weighted by Crippen LogP contribution is 2.13. The summed E-state index contributed by atoms with van der Waals surface area (Å²) in [5.74, 6) is -0.0222. The van der Waals surface area contributed by atoms with Crippen LogP contribution in [0.5, 0.6) is 0 Å². The molecule has 0 saturated carbocycles. The van der Waals surface area contributed by atoms with E-state index in [0.717, 1.165) is 6.42 Å². The van der Waals surface area contributed by atoms with E-state index in [2.05, 4.69) is 4.98 Å². The van der Waals surface area contributed by atoms with Gasteiger partial charge in [-0.2, -0.15) is 0 Å². The number of ether oxygens (including phenoxy) is 1. The normalized spacial score (nSPS) is 16.5. The van der Waals surface area contributed by atoms with Gasteiger partial charge in [0.15, 0.2) is 0 Å². The minimum atomic E-state index is -0.497. The molecule has 1 fully saturated rings. The van der Waals surface area contributed by atoms with Crippen LogP contribution in [0.1, 0.15) is 37.7 Å². The van der Waals surface area contributed by atoms with E-state index in [1.54, 1.807) is 28.1 Å². The Morgan fingerprint density at radius 3 is 2.43 bits per heavy atom. The predicted octanol–water partition coefficient (Wildman–Crippen LogP) is 2.10. The van der Waals surface area contributed by atoms with Gasteiger partial charge in [0.05, 0.1) is 0 Å². The molecule has 0 atom stereocenters. The van der Waals surface area contributed by atoms with Gasteiger partial charge in [-0.25, -0.2) is 4.79 Å². The van der Waals surface area contributed by atoms with Crippen LogP contribution in [-0.2, 0) is 4.74 Å². The fourth-order valence-electron chi connectivity index (χ4n) is 2.26. The Hall–Kier alpha value is -1.98. The summed E-state index contributed by atoms with van der Waals surface area (Å²) >= 11 is 0. The van der Waals surface area contributed by atoms with Crippen LogP contribution in [0.25, 0.3) is 0 Å². The Balaban J connectivity index is 1.93. The minimum Gasteiger partial charge on any atom is -0.444 e. The number of carbonyl (C=O) groups is 2. The molecule has 0 radical (unpaired) electrons. The number of hydrogen-bond acceptors (Lipinski definition) is 3. The molecule has 1 aliphatic heterocycles. The SMILES string of the molecule is CC(C)(C)OC(=O)N1CCCN(C(=O)c2ccc[nH]2)CC1. The molecule has 0 spiro atoms. The average Bonchev–Trinajstić information content (AvgIpc) is 2.80. The number of nitrogens with zero attached hydrogens (tertiary/aromatic N) is 2. The zero-order chi connectivity index (χ0) is 15.5. The minimum absolute atomic E-state index is 0.0222. The number of aromatic amines is 1. The van der Waals surface area contributed by atoms with E-state index in [9.17, 15) is 9.59 Å². The Morgan fingerprint density at radius 1 is 1.14 bits per heavy atom. The number of H-pyrrole nitrogens is 1. The summed E-state index contributed by atoms with van der Waals surface area (Å²) in [6, 6.07) is 3.57. The summed E-state index contributed by atoms with van der Waals surface area (Å²) < 4.78 is 5.38. The molecule has 1 aromatic rings. The van der Waals surface area contributed by atoms with Crippen molar-refractivity contribution in [2.75, 3.05) is 26.2 Å². The molecule has 0 unspecified atom stereocenters. The summed E-state index contributed by atoms with van der Waals surface area (Å²) in [5.41, 5.74) is 0.0871. The molecular formula is C15H23N3O3. The van der Waals surface area contributed by atoms with Crippen LogP contribution in [0.3, 0.4) is 0 Å². The van der Waals surface area contributed by atoms with E-state index in [1.165, 1.54) is 0 Å². The first-order valence-electron chi connectivity index (χ1n) is 7.27. The summed E-state index contributed by atoms with van der Waals surface area (Å²) in [6.07, 6.45) is 2.18. The number of rotatable bonds is 1. The van der Waals surface area contributed by atoms with Crippen LogP contribution in [-0.4, -0.2) is 58.6 Å². The fourth-order valence-corrected chi connectivity index (χ4v) is 2.26. The van der Waals surface area contributed by atoms with E-state index < -0.39 is 5.60 Å². The second-order valence-corrected chi connectivity index (χ2v) is 6.20. The number of nitrogens with one attached hydrogen (secondary N) is 1. The van der Waals surface area contributed by atoms with Gasteiger partial charge in [-0.05, 0) is 39.3 Å². The molecule has 2 rings (SSSR count). The first kappa shape index (κ1) is 15.4. The van der Waals surface area contributed by atoms with E-state index in [1.807, 2.05) is 20.8 Å². The molecule has 1 aromatic heterocycles. The van der Waals surface area contributed by atoms with E-state index in [4.69, 9.17) is 4.74 Å². The second kappa shape index (κ2) is 6.20. The number of carbonyl (C=O) groups excluding carboxylic acids is 2. The van der Waals surface area contributed by atoms with Crippen LogP contribution in [0.4, 0.5) is 4.79 Å². The van der Waals surface area contributed by atoms with E-state index >= 15 is 0 Å². The third kappa shape index (κ3) is 4.24. The lowest BCUT2D eigenvalue weighted by atomic mass is 10.2. The third-order valence-electron chi connectivity index (χ3n) is 3.26. The Kier molecular flexibility index (Phi) is 4.55. The molecule has 0 aromatic carbocycles. The van der Waals surface area contributed by atoms with Crippen LogP contribution in [0.2, 0.25) is 0 Å². The fraction of sp³-hybridized carbons (Fsp3) is 0.600. The third-order valence-corrected chi connectivity index (χ3v) is 3.26. The average molecular weight is 293 g/mol. The predicted molar refractivity (Wildman–Crippen MR) is 79.1 cm³/mol. The van der Waals surface area contributed by atoms with E-state index in [0.29, 0.717) is 31.9 Å². The van der Waals surface area contributed by atoms with Gasteiger partial charge >= 0.3 is 6.09 Å². The lowest BCUT2D eigenvalue weighted by Crippen LogP contribution is -2.40. The molecule has 116 valence electrons. The molecule has 6 nitrogen and oxygen atoms in total. The highest BCUT2D eigenvalue weighted by atomic mass is 16.6. The maximum absolute atomic E-state index is 12.3.